The van der Waals surface area contributed by atoms with E-state index in [0.29, 0.717) is 0 Å². The van der Waals surface area contributed by atoms with Crippen molar-refractivity contribution in [3.63, 3.8) is 0 Å². The number of para-hydroxylation sites is 1. The minimum atomic E-state index is 0.884. The van der Waals surface area contributed by atoms with Gasteiger partial charge in [0.05, 0.1) is 11.4 Å². The quantitative estimate of drug-likeness (QED) is 0.199. The largest absolute Gasteiger partial charge is 0.455 e. The van der Waals surface area contributed by atoms with Gasteiger partial charge >= 0.3 is 0 Å². The lowest BCUT2D eigenvalue weighted by molar-refractivity contribution is 0.673. The van der Waals surface area contributed by atoms with Gasteiger partial charge in [-0.05, 0) is 57.4 Å². The van der Waals surface area contributed by atoms with Gasteiger partial charge < -0.3 is 9.32 Å². The molecule has 206 valence electrons. The van der Waals surface area contributed by atoms with Crippen molar-refractivity contribution in [1.29, 1.82) is 0 Å². The Hall–Kier alpha value is -5.86. The third-order valence-corrected chi connectivity index (χ3v) is 8.81. The van der Waals surface area contributed by atoms with Gasteiger partial charge in [-0.1, -0.05) is 133 Å². The van der Waals surface area contributed by atoms with Crippen molar-refractivity contribution in [2.24, 2.45) is 0 Å². The Labute approximate surface area is 255 Å². The van der Waals surface area contributed by atoms with E-state index in [9.17, 15) is 0 Å². The van der Waals surface area contributed by atoms with Gasteiger partial charge in [0.2, 0.25) is 0 Å². The molecule has 1 heterocycles. The Morgan fingerprint density at radius 2 is 1.00 bits per heavy atom. The zero-order valence-corrected chi connectivity index (χ0v) is 23.9. The third kappa shape index (κ3) is 3.75. The molecule has 2 nitrogen and oxygen atoms in total. The lowest BCUT2D eigenvalue weighted by atomic mass is 9.95. The third-order valence-electron chi connectivity index (χ3n) is 8.81. The van der Waals surface area contributed by atoms with E-state index >= 15 is 0 Å². The second-order valence-corrected chi connectivity index (χ2v) is 11.3. The molecule has 0 saturated carbocycles. The van der Waals surface area contributed by atoms with Crippen LogP contribution < -0.4 is 4.90 Å². The van der Waals surface area contributed by atoms with Crippen LogP contribution in [0.15, 0.2) is 168 Å². The fraction of sp³-hybridized carbons (Fsp3) is 0. The summed E-state index contributed by atoms with van der Waals surface area (Å²) in [7, 11) is 0. The second-order valence-electron chi connectivity index (χ2n) is 11.3. The normalized spacial score (nSPS) is 11.6. The molecule has 0 atom stereocenters. The molecule has 0 saturated heterocycles. The molecule has 0 aliphatic rings. The number of rotatable bonds is 4. The Balaban J connectivity index is 1.46. The van der Waals surface area contributed by atoms with Gasteiger partial charge in [0.1, 0.15) is 11.2 Å². The zero-order valence-electron chi connectivity index (χ0n) is 23.9. The standard InChI is InChI=1S/C42H27NO/c1-3-14-29(15-4-1)36-27-40-37(41-34-23-11-9-21-32(34)33-22-10-12-24-35(33)42(41)44-40)26-39(36)43(30-18-5-2-6-19-30)38-25-13-17-28-16-7-8-20-31(28)38/h1-27H. The van der Waals surface area contributed by atoms with Crippen LogP contribution >= 0.6 is 0 Å². The molecule has 0 aliphatic heterocycles. The van der Waals surface area contributed by atoms with E-state index in [0.717, 1.165) is 55.5 Å². The fourth-order valence-electron chi connectivity index (χ4n) is 6.86. The molecule has 44 heavy (non-hydrogen) atoms. The molecule has 2 heteroatoms. The number of furan rings is 1. The van der Waals surface area contributed by atoms with Crippen LogP contribution in [0.2, 0.25) is 0 Å². The van der Waals surface area contributed by atoms with Crippen LogP contribution in [0.4, 0.5) is 17.1 Å². The summed E-state index contributed by atoms with van der Waals surface area (Å²) in [6, 6.07) is 58.4. The SMILES string of the molecule is c1ccc(-c2cc3oc4c5ccccc5c5ccccc5c4c3cc2N(c2ccccc2)c2cccc3ccccc23)cc1. The van der Waals surface area contributed by atoms with Crippen molar-refractivity contribution >= 4 is 71.3 Å². The van der Waals surface area contributed by atoms with E-state index in [-0.39, 0.29) is 0 Å². The summed E-state index contributed by atoms with van der Waals surface area (Å²) in [6.45, 7) is 0. The highest BCUT2D eigenvalue weighted by atomic mass is 16.3. The Morgan fingerprint density at radius 3 is 1.77 bits per heavy atom. The fourth-order valence-corrected chi connectivity index (χ4v) is 6.86. The topological polar surface area (TPSA) is 16.4 Å². The number of fused-ring (bicyclic) bond motifs is 9. The Kier molecular flexibility index (Phi) is 5.54. The maximum absolute atomic E-state index is 6.83. The van der Waals surface area contributed by atoms with Gasteiger partial charge in [0, 0.05) is 32.8 Å². The van der Waals surface area contributed by atoms with Gasteiger partial charge in [-0.3, -0.25) is 0 Å². The molecule has 8 aromatic carbocycles. The van der Waals surface area contributed by atoms with E-state index in [1.54, 1.807) is 0 Å². The van der Waals surface area contributed by atoms with E-state index in [1.807, 2.05) is 0 Å². The lowest BCUT2D eigenvalue weighted by Gasteiger charge is -2.29. The molecular weight excluding hydrogens is 534 g/mol. The molecule has 0 aliphatic carbocycles. The van der Waals surface area contributed by atoms with Crippen molar-refractivity contribution in [3.05, 3.63) is 164 Å². The van der Waals surface area contributed by atoms with Crippen LogP contribution in [0, 0.1) is 0 Å². The smallest absolute Gasteiger partial charge is 0.143 e. The predicted molar refractivity (Wildman–Crippen MR) is 186 cm³/mol. The summed E-state index contributed by atoms with van der Waals surface area (Å²) in [5.41, 5.74) is 7.41. The van der Waals surface area contributed by atoms with Crippen LogP contribution in [0.5, 0.6) is 0 Å². The lowest BCUT2D eigenvalue weighted by Crippen LogP contribution is -2.11. The zero-order chi connectivity index (χ0) is 29.0. The number of hydrogen-bond acceptors (Lipinski definition) is 2. The average molecular weight is 562 g/mol. The molecule has 0 N–H and O–H groups in total. The molecule has 0 amide bonds. The molecule has 9 aromatic rings. The van der Waals surface area contributed by atoms with Crippen LogP contribution in [-0.4, -0.2) is 0 Å². The first-order chi connectivity index (χ1) is 21.8. The van der Waals surface area contributed by atoms with Gasteiger partial charge in [0.15, 0.2) is 0 Å². The van der Waals surface area contributed by atoms with Gasteiger partial charge in [-0.25, -0.2) is 0 Å². The number of benzene rings is 8. The summed E-state index contributed by atoms with van der Waals surface area (Å²) in [6.07, 6.45) is 0. The maximum atomic E-state index is 6.83. The molecule has 0 radical (unpaired) electrons. The van der Waals surface area contributed by atoms with Crippen LogP contribution in [0.1, 0.15) is 0 Å². The minimum Gasteiger partial charge on any atom is -0.455 e. The first kappa shape index (κ1) is 24.7. The van der Waals surface area contributed by atoms with E-state index in [4.69, 9.17) is 4.42 Å². The highest BCUT2D eigenvalue weighted by molar-refractivity contribution is 6.30. The van der Waals surface area contributed by atoms with Crippen molar-refractivity contribution in [2.45, 2.75) is 0 Å². The molecule has 9 rings (SSSR count). The van der Waals surface area contributed by atoms with Crippen LogP contribution in [0.25, 0.3) is 65.4 Å². The highest BCUT2D eigenvalue weighted by Gasteiger charge is 2.23. The Bertz CT molecular complexity index is 2490. The Morgan fingerprint density at radius 1 is 0.409 bits per heavy atom. The molecule has 0 bridgehead atoms. The first-order valence-corrected chi connectivity index (χ1v) is 15.0. The summed E-state index contributed by atoms with van der Waals surface area (Å²) in [5, 5.41) is 9.45. The molecule has 0 spiro atoms. The number of nitrogens with zero attached hydrogens (tertiary/aromatic N) is 1. The van der Waals surface area contributed by atoms with Crippen molar-refractivity contribution < 1.29 is 4.42 Å². The van der Waals surface area contributed by atoms with Gasteiger partial charge in [-0.15, -0.1) is 0 Å². The van der Waals surface area contributed by atoms with Crippen molar-refractivity contribution in [1.82, 2.24) is 0 Å². The van der Waals surface area contributed by atoms with E-state index in [1.165, 1.54) is 26.9 Å². The monoisotopic (exact) mass is 561 g/mol. The van der Waals surface area contributed by atoms with Crippen LogP contribution in [0.3, 0.4) is 0 Å². The summed E-state index contributed by atoms with van der Waals surface area (Å²) >= 11 is 0. The van der Waals surface area contributed by atoms with E-state index < -0.39 is 0 Å². The van der Waals surface area contributed by atoms with Gasteiger partial charge in [0.25, 0.3) is 0 Å². The van der Waals surface area contributed by atoms with Gasteiger partial charge in [-0.2, -0.15) is 0 Å². The first-order valence-electron chi connectivity index (χ1n) is 15.0. The van der Waals surface area contributed by atoms with Crippen molar-refractivity contribution in [3.8, 4) is 11.1 Å². The summed E-state index contributed by atoms with van der Waals surface area (Å²) in [4.78, 5) is 2.41. The maximum Gasteiger partial charge on any atom is 0.143 e. The predicted octanol–water partition coefficient (Wildman–Crippen LogP) is 12.2. The molecule has 1 aromatic heterocycles. The highest BCUT2D eigenvalue weighted by Crippen LogP contribution is 2.48. The van der Waals surface area contributed by atoms with E-state index in [2.05, 4.69) is 169 Å². The van der Waals surface area contributed by atoms with Crippen molar-refractivity contribution in [2.75, 3.05) is 4.90 Å². The summed E-state index contributed by atoms with van der Waals surface area (Å²) in [5.74, 6) is 0. The second kappa shape index (κ2) is 9.86. The van der Waals surface area contributed by atoms with Crippen LogP contribution in [-0.2, 0) is 0 Å². The molecule has 0 unspecified atom stereocenters. The number of hydrogen-bond donors (Lipinski definition) is 0. The average Bonchev–Trinajstić information content (AvgIpc) is 3.48. The molecular formula is C42H27NO. The summed E-state index contributed by atoms with van der Waals surface area (Å²) < 4.78 is 6.83. The molecule has 0 fully saturated rings. The number of anilines is 3. The minimum absolute atomic E-state index is 0.884.